The average Bonchev–Trinajstić information content (AvgIpc) is 2.67. The molecule has 0 radical (unpaired) electrons. The van der Waals surface area contributed by atoms with Crippen molar-refractivity contribution in [2.45, 2.75) is 32.4 Å². The van der Waals surface area contributed by atoms with Gasteiger partial charge in [-0.1, -0.05) is 55.8 Å². The molecule has 0 saturated heterocycles. The Morgan fingerprint density at radius 1 is 1.04 bits per heavy atom. The average molecular weight is 355 g/mol. The van der Waals surface area contributed by atoms with E-state index in [1.165, 1.54) is 0 Å². The molecule has 0 aliphatic rings. The van der Waals surface area contributed by atoms with Gasteiger partial charge in [-0.15, -0.1) is 0 Å². The first-order valence-electron chi connectivity index (χ1n) is 8.73. The van der Waals surface area contributed by atoms with Gasteiger partial charge in [0.05, 0.1) is 18.2 Å². The molecule has 0 aliphatic carbocycles. The molecule has 0 saturated carbocycles. The van der Waals surface area contributed by atoms with Gasteiger partial charge in [0.1, 0.15) is 0 Å². The normalized spacial score (nSPS) is 11.6. The van der Waals surface area contributed by atoms with E-state index in [2.05, 4.69) is 12.2 Å². The second-order valence-corrected chi connectivity index (χ2v) is 6.03. The van der Waals surface area contributed by atoms with Crippen LogP contribution in [0.25, 0.3) is 0 Å². The van der Waals surface area contributed by atoms with Crippen molar-refractivity contribution in [3.05, 3.63) is 71.3 Å². The predicted molar refractivity (Wildman–Crippen MR) is 99.7 cm³/mol. The molecule has 5 nitrogen and oxygen atoms in total. The Labute approximate surface area is 154 Å². The Bertz CT molecular complexity index is 698. The Morgan fingerprint density at radius 2 is 1.73 bits per heavy atom. The van der Waals surface area contributed by atoms with Gasteiger partial charge in [0.2, 0.25) is 0 Å². The van der Waals surface area contributed by atoms with Crippen LogP contribution in [-0.4, -0.2) is 25.6 Å². The highest BCUT2D eigenvalue weighted by molar-refractivity contribution is 5.91. The van der Waals surface area contributed by atoms with Gasteiger partial charge in [-0.2, -0.15) is 0 Å². The highest BCUT2D eigenvalue weighted by atomic mass is 16.5. The Balaban J connectivity index is 1.87. The lowest BCUT2D eigenvalue weighted by atomic mass is 10.0. The smallest absolute Gasteiger partial charge is 0.338 e. The van der Waals surface area contributed by atoms with Gasteiger partial charge in [0.15, 0.2) is 6.61 Å². The number of benzene rings is 2. The van der Waals surface area contributed by atoms with Crippen molar-refractivity contribution < 1.29 is 19.1 Å². The Hall–Kier alpha value is -2.66. The van der Waals surface area contributed by atoms with Crippen LogP contribution in [0.5, 0.6) is 0 Å². The minimum absolute atomic E-state index is 0.0827. The molecule has 2 rings (SSSR count). The van der Waals surface area contributed by atoms with Crippen LogP contribution in [0.2, 0.25) is 0 Å². The quantitative estimate of drug-likeness (QED) is 0.698. The standard InChI is InChI=1S/C21H25NO4/c1-3-7-19(17-8-5-4-6-9-17)22-20(23)15-26-21(24)18-12-10-16(11-13-18)14-25-2/h4-6,8-13,19H,3,7,14-15H2,1-2H3,(H,22,23). The molecule has 0 heterocycles. The summed E-state index contributed by atoms with van der Waals surface area (Å²) < 4.78 is 10.2. The number of rotatable bonds is 9. The molecule has 138 valence electrons. The van der Waals surface area contributed by atoms with Gasteiger partial charge < -0.3 is 14.8 Å². The van der Waals surface area contributed by atoms with Crippen molar-refractivity contribution in [1.82, 2.24) is 5.32 Å². The van der Waals surface area contributed by atoms with Crippen molar-refractivity contribution in [1.29, 1.82) is 0 Å². The molecule has 0 aliphatic heterocycles. The van der Waals surface area contributed by atoms with Crippen LogP contribution in [0, 0.1) is 0 Å². The lowest BCUT2D eigenvalue weighted by molar-refractivity contribution is -0.125. The summed E-state index contributed by atoms with van der Waals surface area (Å²) in [5.74, 6) is -0.826. The summed E-state index contributed by atoms with van der Waals surface area (Å²) in [6.07, 6.45) is 1.76. The fourth-order valence-electron chi connectivity index (χ4n) is 2.65. The summed E-state index contributed by atoms with van der Waals surface area (Å²) in [4.78, 5) is 24.2. The topological polar surface area (TPSA) is 64.6 Å². The highest BCUT2D eigenvalue weighted by Gasteiger charge is 2.15. The van der Waals surface area contributed by atoms with Gasteiger partial charge in [0.25, 0.3) is 5.91 Å². The summed E-state index contributed by atoms with van der Waals surface area (Å²) in [5, 5.41) is 2.93. The van der Waals surface area contributed by atoms with Crippen LogP contribution < -0.4 is 5.32 Å². The number of nitrogens with one attached hydrogen (secondary N) is 1. The highest BCUT2D eigenvalue weighted by Crippen LogP contribution is 2.18. The number of hydrogen-bond donors (Lipinski definition) is 1. The lowest BCUT2D eigenvalue weighted by Gasteiger charge is -2.18. The summed E-state index contributed by atoms with van der Waals surface area (Å²) in [6.45, 7) is 2.25. The number of amides is 1. The maximum Gasteiger partial charge on any atom is 0.338 e. The van der Waals surface area contributed by atoms with E-state index < -0.39 is 5.97 Å². The molecule has 1 atom stereocenters. The predicted octanol–water partition coefficient (Wildman–Crippen LogP) is 3.65. The molecule has 1 unspecified atom stereocenters. The number of hydrogen-bond acceptors (Lipinski definition) is 4. The molecule has 1 amide bonds. The minimum Gasteiger partial charge on any atom is -0.452 e. The van der Waals surface area contributed by atoms with Crippen molar-refractivity contribution in [2.24, 2.45) is 0 Å². The van der Waals surface area contributed by atoms with Gasteiger partial charge in [-0.3, -0.25) is 4.79 Å². The molecule has 5 heteroatoms. The van der Waals surface area contributed by atoms with E-state index in [1.54, 1.807) is 31.4 Å². The first-order chi connectivity index (χ1) is 12.6. The van der Waals surface area contributed by atoms with Gasteiger partial charge in [-0.05, 0) is 29.7 Å². The molecule has 0 bridgehead atoms. The molecule has 2 aromatic carbocycles. The third-order valence-electron chi connectivity index (χ3n) is 3.95. The lowest BCUT2D eigenvalue weighted by Crippen LogP contribution is -2.32. The van der Waals surface area contributed by atoms with Crippen molar-refractivity contribution in [2.75, 3.05) is 13.7 Å². The Kier molecular flexibility index (Phi) is 7.83. The Morgan fingerprint density at radius 3 is 2.35 bits per heavy atom. The monoisotopic (exact) mass is 355 g/mol. The van der Waals surface area contributed by atoms with E-state index >= 15 is 0 Å². The number of carbonyl (C=O) groups is 2. The third kappa shape index (κ3) is 6.01. The molecule has 0 aromatic heterocycles. The SMILES string of the molecule is CCCC(NC(=O)COC(=O)c1ccc(COC)cc1)c1ccccc1. The fourth-order valence-corrected chi connectivity index (χ4v) is 2.65. The van der Waals surface area contributed by atoms with Crippen LogP contribution in [0.15, 0.2) is 54.6 Å². The maximum atomic E-state index is 12.2. The number of ether oxygens (including phenoxy) is 2. The minimum atomic E-state index is -0.518. The molecular weight excluding hydrogens is 330 g/mol. The van der Waals surface area contributed by atoms with Crippen molar-refractivity contribution >= 4 is 11.9 Å². The van der Waals surface area contributed by atoms with Crippen molar-refractivity contribution in [3.8, 4) is 0 Å². The molecule has 2 aromatic rings. The molecule has 1 N–H and O–H groups in total. The molecular formula is C21H25NO4. The summed E-state index contributed by atoms with van der Waals surface area (Å²) >= 11 is 0. The summed E-state index contributed by atoms with van der Waals surface area (Å²) in [6, 6.07) is 16.6. The zero-order valence-corrected chi connectivity index (χ0v) is 15.2. The van der Waals surface area contributed by atoms with Gasteiger partial charge in [0, 0.05) is 7.11 Å². The van der Waals surface area contributed by atoms with Crippen LogP contribution in [-0.2, 0) is 20.9 Å². The van der Waals surface area contributed by atoms with Gasteiger partial charge >= 0.3 is 5.97 Å². The molecule has 26 heavy (non-hydrogen) atoms. The van der Waals surface area contributed by atoms with E-state index in [-0.39, 0.29) is 18.6 Å². The number of carbonyl (C=O) groups excluding carboxylic acids is 2. The zero-order chi connectivity index (χ0) is 18.8. The van der Waals surface area contributed by atoms with Crippen molar-refractivity contribution in [3.63, 3.8) is 0 Å². The van der Waals surface area contributed by atoms with E-state index in [1.807, 2.05) is 30.3 Å². The van der Waals surface area contributed by atoms with E-state index in [9.17, 15) is 9.59 Å². The second-order valence-electron chi connectivity index (χ2n) is 6.03. The number of esters is 1. The van der Waals surface area contributed by atoms with Crippen LogP contribution in [0.3, 0.4) is 0 Å². The molecule has 0 fully saturated rings. The largest absolute Gasteiger partial charge is 0.452 e. The van der Waals surface area contributed by atoms with Crippen LogP contribution >= 0.6 is 0 Å². The van der Waals surface area contributed by atoms with E-state index in [4.69, 9.17) is 9.47 Å². The second kappa shape index (κ2) is 10.4. The van der Waals surface area contributed by atoms with Gasteiger partial charge in [-0.25, -0.2) is 4.79 Å². The summed E-state index contributed by atoms with van der Waals surface area (Å²) in [7, 11) is 1.61. The molecule has 0 spiro atoms. The third-order valence-corrected chi connectivity index (χ3v) is 3.95. The van der Waals surface area contributed by atoms with Crippen LogP contribution in [0.4, 0.5) is 0 Å². The number of methoxy groups -OCH3 is 1. The fraction of sp³-hybridized carbons (Fsp3) is 0.333. The van der Waals surface area contributed by atoms with E-state index in [0.29, 0.717) is 12.2 Å². The summed E-state index contributed by atoms with van der Waals surface area (Å²) in [5.41, 5.74) is 2.42. The van der Waals surface area contributed by atoms with Crippen LogP contribution in [0.1, 0.15) is 47.3 Å². The van der Waals surface area contributed by atoms with E-state index in [0.717, 1.165) is 24.0 Å². The first kappa shape index (κ1) is 19.7. The zero-order valence-electron chi connectivity index (χ0n) is 15.2. The maximum absolute atomic E-state index is 12.2. The first-order valence-corrected chi connectivity index (χ1v) is 8.73.